The van der Waals surface area contributed by atoms with E-state index in [2.05, 4.69) is 10.3 Å². The van der Waals surface area contributed by atoms with Gasteiger partial charge >= 0.3 is 0 Å². The van der Waals surface area contributed by atoms with E-state index in [1.165, 1.54) is 21.9 Å². The lowest BCUT2D eigenvalue weighted by Crippen LogP contribution is -2.26. The summed E-state index contributed by atoms with van der Waals surface area (Å²) in [6.07, 6.45) is 1.30. The zero-order valence-electron chi connectivity index (χ0n) is 15.6. The van der Waals surface area contributed by atoms with E-state index in [4.69, 9.17) is 16.3 Å². The number of nitrogens with zero attached hydrogens (tertiary/aromatic N) is 2. The minimum atomic E-state index is -0.583. The van der Waals surface area contributed by atoms with Gasteiger partial charge in [0.05, 0.1) is 5.69 Å². The van der Waals surface area contributed by atoms with Crippen LogP contribution >= 0.6 is 22.9 Å². The number of rotatable bonds is 4. The number of halogens is 1. The van der Waals surface area contributed by atoms with Gasteiger partial charge in [0.15, 0.2) is 10.7 Å². The summed E-state index contributed by atoms with van der Waals surface area (Å²) < 4.78 is 7.31. The van der Waals surface area contributed by atoms with Crippen molar-refractivity contribution in [3.8, 4) is 11.5 Å². The third-order valence-electron chi connectivity index (χ3n) is 4.42. The van der Waals surface area contributed by atoms with Gasteiger partial charge in [-0.25, -0.2) is 4.98 Å². The number of para-hydroxylation sites is 1. The third-order valence-corrected chi connectivity index (χ3v) is 5.73. The van der Waals surface area contributed by atoms with Crippen molar-refractivity contribution in [3.63, 3.8) is 0 Å². The number of ether oxygens (including phenoxy) is 1. The number of hydrogen-bond acceptors (Lipinski definition) is 5. The van der Waals surface area contributed by atoms with Gasteiger partial charge in [0, 0.05) is 21.8 Å². The van der Waals surface area contributed by atoms with Crippen molar-refractivity contribution in [2.45, 2.75) is 13.8 Å². The molecule has 29 heavy (non-hydrogen) atoms. The molecule has 0 aliphatic carbocycles. The number of thiazole rings is 1. The predicted molar refractivity (Wildman–Crippen MR) is 115 cm³/mol. The number of hydrogen-bond donors (Lipinski definition) is 1. The summed E-state index contributed by atoms with van der Waals surface area (Å²) in [6, 6.07) is 14.1. The lowest BCUT2D eigenvalue weighted by atomic mass is 10.2. The normalized spacial score (nSPS) is 10.9. The van der Waals surface area contributed by atoms with Crippen LogP contribution in [0.15, 0.2) is 59.5 Å². The first kappa shape index (κ1) is 19.2. The minimum Gasteiger partial charge on any atom is -0.455 e. The molecule has 0 spiro atoms. The number of aromatic nitrogens is 2. The van der Waals surface area contributed by atoms with Crippen LogP contribution in [-0.4, -0.2) is 15.3 Å². The van der Waals surface area contributed by atoms with Crippen LogP contribution in [0.3, 0.4) is 0 Å². The molecule has 1 amide bonds. The maximum atomic E-state index is 12.9. The Bertz CT molecular complexity index is 1280. The monoisotopic (exact) mass is 425 g/mol. The Morgan fingerprint density at radius 1 is 1.17 bits per heavy atom. The smallest absolute Gasteiger partial charge is 0.271 e. The first-order valence-electron chi connectivity index (χ1n) is 8.75. The quantitative estimate of drug-likeness (QED) is 0.495. The lowest BCUT2D eigenvalue weighted by molar-refractivity contribution is 0.102. The standard InChI is InChI=1S/C21H16ClN3O3S/c1-12-13(2)29-21-23-11-16(20(27)25(12)21)19(26)24-17-10-14(22)8-9-18(17)28-15-6-4-3-5-7-15/h3-11H,1-2H3,(H,24,26). The van der Waals surface area contributed by atoms with E-state index in [0.717, 1.165) is 10.6 Å². The molecule has 4 aromatic rings. The van der Waals surface area contributed by atoms with Gasteiger partial charge < -0.3 is 10.1 Å². The molecule has 2 aromatic carbocycles. The molecule has 8 heteroatoms. The van der Waals surface area contributed by atoms with Crippen molar-refractivity contribution in [2.24, 2.45) is 0 Å². The molecular formula is C21H16ClN3O3S. The maximum absolute atomic E-state index is 12.9. The second-order valence-corrected chi connectivity index (χ2v) is 7.97. The van der Waals surface area contributed by atoms with Gasteiger partial charge in [-0.1, -0.05) is 29.8 Å². The average Bonchev–Trinajstić information content (AvgIpc) is 2.99. The average molecular weight is 426 g/mol. The van der Waals surface area contributed by atoms with Crippen LogP contribution in [0.25, 0.3) is 4.96 Å². The number of carbonyl (C=O) groups is 1. The molecule has 0 aliphatic heterocycles. The van der Waals surface area contributed by atoms with Gasteiger partial charge in [-0.15, -0.1) is 11.3 Å². The SMILES string of the molecule is Cc1sc2ncc(C(=O)Nc3cc(Cl)ccc3Oc3ccccc3)c(=O)n2c1C. The summed E-state index contributed by atoms with van der Waals surface area (Å²) in [4.78, 5) is 31.5. The summed E-state index contributed by atoms with van der Waals surface area (Å²) in [5.74, 6) is 0.434. The van der Waals surface area contributed by atoms with E-state index in [9.17, 15) is 9.59 Å². The van der Waals surface area contributed by atoms with Crippen molar-refractivity contribution < 1.29 is 9.53 Å². The number of anilines is 1. The van der Waals surface area contributed by atoms with E-state index in [1.807, 2.05) is 32.0 Å². The Morgan fingerprint density at radius 3 is 2.69 bits per heavy atom. The molecule has 2 heterocycles. The van der Waals surface area contributed by atoms with Crippen LogP contribution in [0.4, 0.5) is 5.69 Å². The van der Waals surface area contributed by atoms with Crippen molar-refractivity contribution >= 4 is 39.5 Å². The highest BCUT2D eigenvalue weighted by Crippen LogP contribution is 2.32. The van der Waals surface area contributed by atoms with Crippen molar-refractivity contribution in [2.75, 3.05) is 5.32 Å². The molecule has 0 unspecified atom stereocenters. The van der Waals surface area contributed by atoms with Crippen LogP contribution in [-0.2, 0) is 0 Å². The Hall–Kier alpha value is -3.16. The predicted octanol–water partition coefficient (Wildman–Crippen LogP) is 5.07. The topological polar surface area (TPSA) is 72.7 Å². The Labute approximate surface area is 175 Å². The highest BCUT2D eigenvalue weighted by molar-refractivity contribution is 7.17. The van der Waals surface area contributed by atoms with E-state index >= 15 is 0 Å². The molecule has 0 saturated heterocycles. The summed E-state index contributed by atoms with van der Waals surface area (Å²) in [6.45, 7) is 3.74. The zero-order chi connectivity index (χ0) is 20.5. The number of carbonyl (C=O) groups excluding carboxylic acids is 1. The molecule has 1 N–H and O–H groups in total. The van der Waals surface area contributed by atoms with Gasteiger partial charge in [0.2, 0.25) is 0 Å². The Kier molecular flexibility index (Phi) is 5.08. The second-order valence-electron chi connectivity index (χ2n) is 6.35. The number of nitrogens with one attached hydrogen (secondary N) is 1. The molecule has 0 radical (unpaired) electrons. The first-order valence-corrected chi connectivity index (χ1v) is 9.95. The van der Waals surface area contributed by atoms with E-state index in [0.29, 0.717) is 27.2 Å². The molecule has 146 valence electrons. The molecular weight excluding hydrogens is 410 g/mol. The van der Waals surface area contributed by atoms with Crippen LogP contribution in [0.5, 0.6) is 11.5 Å². The summed E-state index contributed by atoms with van der Waals surface area (Å²) >= 11 is 7.50. The molecule has 0 fully saturated rings. The van der Waals surface area contributed by atoms with Gasteiger partial charge in [0.25, 0.3) is 11.5 Å². The van der Waals surface area contributed by atoms with Crippen molar-refractivity contribution in [1.29, 1.82) is 0 Å². The number of amides is 1. The number of fused-ring (bicyclic) bond motifs is 1. The van der Waals surface area contributed by atoms with Crippen molar-refractivity contribution in [1.82, 2.24) is 9.38 Å². The molecule has 0 aliphatic rings. The van der Waals surface area contributed by atoms with E-state index in [-0.39, 0.29) is 5.56 Å². The molecule has 6 nitrogen and oxygen atoms in total. The first-order chi connectivity index (χ1) is 13.9. The summed E-state index contributed by atoms with van der Waals surface area (Å²) in [5.41, 5.74) is 0.651. The third kappa shape index (κ3) is 3.74. The molecule has 0 atom stereocenters. The van der Waals surface area contributed by atoms with E-state index < -0.39 is 11.5 Å². The molecule has 0 bridgehead atoms. The lowest BCUT2D eigenvalue weighted by Gasteiger charge is -2.12. The summed E-state index contributed by atoms with van der Waals surface area (Å²) in [7, 11) is 0. The summed E-state index contributed by atoms with van der Waals surface area (Å²) in [5, 5.41) is 3.15. The van der Waals surface area contributed by atoms with Crippen LogP contribution in [0.1, 0.15) is 20.9 Å². The molecule has 4 rings (SSSR count). The second kappa shape index (κ2) is 7.69. The highest BCUT2D eigenvalue weighted by Gasteiger charge is 2.18. The minimum absolute atomic E-state index is 0.0611. The van der Waals surface area contributed by atoms with Crippen LogP contribution in [0.2, 0.25) is 5.02 Å². The fraction of sp³-hybridized carbons (Fsp3) is 0.0952. The molecule has 2 aromatic heterocycles. The highest BCUT2D eigenvalue weighted by atomic mass is 35.5. The van der Waals surface area contributed by atoms with Gasteiger partial charge in [0.1, 0.15) is 11.3 Å². The largest absolute Gasteiger partial charge is 0.455 e. The van der Waals surface area contributed by atoms with E-state index in [1.54, 1.807) is 30.3 Å². The zero-order valence-corrected chi connectivity index (χ0v) is 17.2. The van der Waals surface area contributed by atoms with Gasteiger partial charge in [-0.3, -0.25) is 14.0 Å². The van der Waals surface area contributed by atoms with Gasteiger partial charge in [-0.2, -0.15) is 0 Å². The number of benzene rings is 2. The molecule has 0 saturated carbocycles. The Balaban J connectivity index is 1.69. The van der Waals surface area contributed by atoms with Gasteiger partial charge in [-0.05, 0) is 44.2 Å². The number of aryl methyl sites for hydroxylation is 2. The fourth-order valence-electron chi connectivity index (χ4n) is 2.83. The fourth-order valence-corrected chi connectivity index (χ4v) is 3.93. The maximum Gasteiger partial charge on any atom is 0.271 e. The van der Waals surface area contributed by atoms with Crippen LogP contribution < -0.4 is 15.6 Å². The Morgan fingerprint density at radius 2 is 1.93 bits per heavy atom. The van der Waals surface area contributed by atoms with Crippen LogP contribution in [0, 0.1) is 13.8 Å². The van der Waals surface area contributed by atoms with Crippen molar-refractivity contribution in [3.05, 3.63) is 86.2 Å².